The van der Waals surface area contributed by atoms with Crippen molar-refractivity contribution in [1.82, 2.24) is 14.8 Å². The maximum absolute atomic E-state index is 12.0. The summed E-state index contributed by atoms with van der Waals surface area (Å²) in [6, 6.07) is 13.0. The van der Waals surface area contributed by atoms with Crippen LogP contribution >= 0.6 is 0 Å². The highest BCUT2D eigenvalue weighted by Gasteiger charge is 2.28. The number of rotatable bonds is 5. The van der Waals surface area contributed by atoms with Crippen LogP contribution in [0.15, 0.2) is 42.6 Å². The number of pyridine rings is 1. The van der Waals surface area contributed by atoms with Gasteiger partial charge >= 0.3 is 0 Å². The number of likely N-dealkylation sites (tertiary alicyclic amines) is 1. The van der Waals surface area contributed by atoms with Crippen LogP contribution in [-0.4, -0.2) is 53.9 Å². The Morgan fingerprint density at radius 2 is 1.68 bits per heavy atom. The van der Waals surface area contributed by atoms with Crippen LogP contribution in [0.5, 0.6) is 0 Å². The monoisotopic (exact) mass is 377 g/mol. The molecular formula is C24H31N3O. The number of nitrogens with zero attached hydrogens (tertiary/aromatic N) is 3. The van der Waals surface area contributed by atoms with Crippen molar-refractivity contribution < 1.29 is 4.79 Å². The summed E-state index contributed by atoms with van der Waals surface area (Å²) >= 11 is 0. The molecule has 0 radical (unpaired) electrons. The highest BCUT2D eigenvalue weighted by molar-refractivity contribution is 5.94. The van der Waals surface area contributed by atoms with Crippen LogP contribution in [0, 0.1) is 5.92 Å². The largest absolute Gasteiger partial charge is 0.345 e. The van der Waals surface area contributed by atoms with Gasteiger partial charge in [0.05, 0.1) is 0 Å². The van der Waals surface area contributed by atoms with E-state index >= 15 is 0 Å². The molecule has 148 valence electrons. The third-order valence-corrected chi connectivity index (χ3v) is 6.43. The number of piperidine rings is 1. The van der Waals surface area contributed by atoms with E-state index in [1.165, 1.54) is 50.9 Å². The molecule has 1 saturated carbocycles. The van der Waals surface area contributed by atoms with Gasteiger partial charge in [0.25, 0.3) is 5.91 Å². The van der Waals surface area contributed by atoms with E-state index in [1.54, 1.807) is 19.0 Å². The minimum atomic E-state index is 0.0309. The minimum absolute atomic E-state index is 0.0309. The fourth-order valence-corrected chi connectivity index (χ4v) is 4.35. The van der Waals surface area contributed by atoms with Crippen LogP contribution < -0.4 is 0 Å². The topological polar surface area (TPSA) is 36.4 Å². The molecule has 1 saturated heterocycles. The van der Waals surface area contributed by atoms with Gasteiger partial charge in [0.1, 0.15) is 0 Å². The molecule has 4 nitrogen and oxygen atoms in total. The van der Waals surface area contributed by atoms with E-state index in [4.69, 9.17) is 4.98 Å². The molecule has 2 aliphatic rings. The third-order valence-electron chi connectivity index (χ3n) is 6.43. The van der Waals surface area contributed by atoms with Crippen molar-refractivity contribution in [2.24, 2.45) is 5.92 Å². The van der Waals surface area contributed by atoms with Crippen molar-refractivity contribution in [2.75, 3.05) is 27.2 Å². The first-order valence-electron chi connectivity index (χ1n) is 10.6. The van der Waals surface area contributed by atoms with Crippen molar-refractivity contribution in [3.8, 4) is 11.1 Å². The molecule has 0 N–H and O–H groups in total. The summed E-state index contributed by atoms with van der Waals surface area (Å²) in [4.78, 5) is 21.1. The number of hydrogen-bond donors (Lipinski definition) is 0. The van der Waals surface area contributed by atoms with Crippen LogP contribution in [0.25, 0.3) is 11.1 Å². The standard InChI is InChI=1S/C24H31N3O/c1-26(2)24(28)20-8-6-19(7-9-20)21-10-11-22(25-17-21)16-18-12-14-27(15-13-18)23-4-3-5-23/h6-11,17-18,23H,3-5,12-16H2,1-2H3. The molecule has 1 amide bonds. The van der Waals surface area contributed by atoms with E-state index in [1.807, 2.05) is 30.5 Å². The SMILES string of the molecule is CN(C)C(=O)c1ccc(-c2ccc(CC3CCN(C4CCC4)CC3)nc2)cc1. The summed E-state index contributed by atoms with van der Waals surface area (Å²) in [7, 11) is 3.55. The van der Waals surface area contributed by atoms with Crippen molar-refractivity contribution in [3.05, 3.63) is 53.9 Å². The lowest BCUT2D eigenvalue weighted by Gasteiger charge is -2.41. The van der Waals surface area contributed by atoms with Gasteiger partial charge in [0.2, 0.25) is 0 Å². The van der Waals surface area contributed by atoms with Gasteiger partial charge in [-0.15, -0.1) is 0 Å². The number of carbonyl (C=O) groups is 1. The Kier molecular flexibility index (Phi) is 5.77. The highest BCUT2D eigenvalue weighted by Crippen LogP contribution is 2.30. The van der Waals surface area contributed by atoms with E-state index in [9.17, 15) is 4.79 Å². The van der Waals surface area contributed by atoms with E-state index in [-0.39, 0.29) is 5.91 Å². The Balaban J connectivity index is 1.33. The van der Waals surface area contributed by atoms with Crippen LogP contribution in [-0.2, 0) is 6.42 Å². The summed E-state index contributed by atoms with van der Waals surface area (Å²) in [5.74, 6) is 0.800. The average molecular weight is 378 g/mol. The molecule has 0 unspecified atom stereocenters. The van der Waals surface area contributed by atoms with Gasteiger partial charge in [0.15, 0.2) is 0 Å². The zero-order valence-corrected chi connectivity index (χ0v) is 17.1. The van der Waals surface area contributed by atoms with Gasteiger partial charge in [-0.05, 0) is 74.9 Å². The van der Waals surface area contributed by atoms with Gasteiger partial charge in [-0.25, -0.2) is 0 Å². The number of benzene rings is 1. The predicted molar refractivity (Wildman–Crippen MR) is 113 cm³/mol. The lowest BCUT2D eigenvalue weighted by molar-refractivity contribution is 0.0827. The zero-order chi connectivity index (χ0) is 19.5. The number of carbonyl (C=O) groups excluding carboxylic acids is 1. The van der Waals surface area contributed by atoms with Gasteiger partial charge in [-0.2, -0.15) is 0 Å². The molecule has 4 heteroatoms. The van der Waals surface area contributed by atoms with Crippen LogP contribution in [0.1, 0.15) is 48.2 Å². The third kappa shape index (κ3) is 4.27. The number of hydrogen-bond acceptors (Lipinski definition) is 3. The fraction of sp³-hybridized carbons (Fsp3) is 0.500. The Morgan fingerprint density at radius 3 is 2.21 bits per heavy atom. The molecule has 1 aromatic carbocycles. The van der Waals surface area contributed by atoms with Gasteiger partial charge in [-0.3, -0.25) is 9.78 Å². The average Bonchev–Trinajstić information content (AvgIpc) is 2.68. The van der Waals surface area contributed by atoms with E-state index in [0.29, 0.717) is 5.56 Å². The van der Waals surface area contributed by atoms with Crippen molar-refractivity contribution >= 4 is 5.91 Å². The molecule has 1 aliphatic heterocycles. The fourth-order valence-electron chi connectivity index (χ4n) is 4.35. The Labute approximate surface area is 168 Å². The summed E-state index contributed by atoms with van der Waals surface area (Å²) in [5, 5.41) is 0. The first kappa shape index (κ1) is 19.1. The van der Waals surface area contributed by atoms with Crippen LogP contribution in [0.4, 0.5) is 0 Å². The van der Waals surface area contributed by atoms with Crippen LogP contribution in [0.3, 0.4) is 0 Å². The van der Waals surface area contributed by atoms with Gasteiger partial charge < -0.3 is 9.80 Å². The Morgan fingerprint density at radius 1 is 1.00 bits per heavy atom. The first-order valence-corrected chi connectivity index (χ1v) is 10.6. The van der Waals surface area contributed by atoms with Crippen molar-refractivity contribution in [2.45, 2.75) is 44.6 Å². The summed E-state index contributed by atoms with van der Waals surface area (Å²) in [5.41, 5.74) is 4.12. The number of amides is 1. The minimum Gasteiger partial charge on any atom is -0.345 e. The van der Waals surface area contributed by atoms with Crippen molar-refractivity contribution in [1.29, 1.82) is 0 Å². The second kappa shape index (κ2) is 8.44. The molecule has 2 aromatic rings. The molecule has 4 rings (SSSR count). The normalized spacial score (nSPS) is 18.6. The molecule has 0 spiro atoms. The molecule has 1 aromatic heterocycles. The Hall–Kier alpha value is -2.20. The van der Waals surface area contributed by atoms with E-state index in [0.717, 1.165) is 29.5 Å². The molecule has 1 aliphatic carbocycles. The number of aromatic nitrogens is 1. The highest BCUT2D eigenvalue weighted by atomic mass is 16.2. The molecule has 2 fully saturated rings. The second-order valence-electron chi connectivity index (χ2n) is 8.58. The Bertz CT molecular complexity index is 786. The molecule has 0 atom stereocenters. The molecule has 28 heavy (non-hydrogen) atoms. The maximum atomic E-state index is 12.0. The lowest BCUT2D eigenvalue weighted by atomic mass is 9.86. The molecular weight excluding hydrogens is 346 g/mol. The smallest absolute Gasteiger partial charge is 0.253 e. The second-order valence-corrected chi connectivity index (χ2v) is 8.58. The van der Waals surface area contributed by atoms with E-state index < -0.39 is 0 Å². The van der Waals surface area contributed by atoms with Crippen LogP contribution in [0.2, 0.25) is 0 Å². The predicted octanol–water partition coefficient (Wildman–Crippen LogP) is 4.26. The van der Waals surface area contributed by atoms with Gasteiger partial charge in [-0.1, -0.05) is 24.6 Å². The first-order chi connectivity index (χ1) is 13.6. The molecule has 2 heterocycles. The van der Waals surface area contributed by atoms with E-state index in [2.05, 4.69) is 17.0 Å². The summed E-state index contributed by atoms with van der Waals surface area (Å²) < 4.78 is 0. The van der Waals surface area contributed by atoms with Crippen molar-refractivity contribution in [3.63, 3.8) is 0 Å². The molecule has 0 bridgehead atoms. The zero-order valence-electron chi connectivity index (χ0n) is 17.1. The van der Waals surface area contributed by atoms with Gasteiger partial charge in [0, 0.05) is 43.2 Å². The summed E-state index contributed by atoms with van der Waals surface area (Å²) in [6.45, 7) is 2.54. The maximum Gasteiger partial charge on any atom is 0.253 e. The quantitative estimate of drug-likeness (QED) is 0.781. The summed E-state index contributed by atoms with van der Waals surface area (Å²) in [6.07, 6.45) is 9.94. The lowest BCUT2D eigenvalue weighted by Crippen LogP contribution is -2.45.